The van der Waals surface area contributed by atoms with Crippen molar-refractivity contribution < 1.29 is 21.6 Å². The quantitative estimate of drug-likeness (QED) is 0.773. The van der Waals surface area contributed by atoms with E-state index in [4.69, 9.17) is 4.74 Å². The average Bonchev–Trinajstić information content (AvgIpc) is 2.87. The first-order valence-corrected chi connectivity index (χ1v) is 11.1. The van der Waals surface area contributed by atoms with Crippen LogP contribution in [0.1, 0.15) is 18.9 Å². The SMILES string of the molecule is CCS(=O)(=O)N1CCCN(S(=O)(=O)c2ccc3c(c2)CCO3)CC1. The van der Waals surface area contributed by atoms with Crippen LogP contribution in [0, 0.1) is 0 Å². The highest BCUT2D eigenvalue weighted by Crippen LogP contribution is 2.29. The van der Waals surface area contributed by atoms with Crippen molar-refractivity contribution in [2.24, 2.45) is 0 Å². The first-order chi connectivity index (χ1) is 11.3. The van der Waals surface area contributed by atoms with Crippen LogP contribution >= 0.6 is 0 Å². The zero-order valence-electron chi connectivity index (χ0n) is 13.6. The molecule has 1 fully saturated rings. The van der Waals surface area contributed by atoms with Gasteiger partial charge in [0.25, 0.3) is 0 Å². The van der Waals surface area contributed by atoms with Gasteiger partial charge in [0.1, 0.15) is 5.75 Å². The fourth-order valence-electron chi connectivity index (χ4n) is 3.04. The van der Waals surface area contributed by atoms with E-state index in [-0.39, 0.29) is 23.7 Å². The molecule has 0 aromatic heterocycles. The van der Waals surface area contributed by atoms with E-state index in [1.807, 2.05) is 0 Å². The standard InChI is InChI=1S/C15H22N2O5S2/c1-2-23(18,19)16-7-3-8-17(10-9-16)24(20,21)14-4-5-15-13(12-14)6-11-22-15/h4-5,12H,2-3,6-11H2,1H3. The summed E-state index contributed by atoms with van der Waals surface area (Å²) in [7, 11) is -6.92. The number of nitrogens with zero attached hydrogens (tertiary/aromatic N) is 2. The van der Waals surface area contributed by atoms with Crippen molar-refractivity contribution >= 4 is 20.0 Å². The second kappa shape index (κ2) is 6.62. The highest BCUT2D eigenvalue weighted by Gasteiger charge is 2.30. The Morgan fingerprint density at radius 3 is 2.50 bits per heavy atom. The van der Waals surface area contributed by atoms with E-state index in [2.05, 4.69) is 0 Å². The normalized spacial score (nSPS) is 20.4. The first-order valence-electron chi connectivity index (χ1n) is 8.08. The summed E-state index contributed by atoms with van der Waals surface area (Å²) in [4.78, 5) is 0.249. The summed E-state index contributed by atoms with van der Waals surface area (Å²) in [5, 5.41) is 0. The summed E-state index contributed by atoms with van der Waals surface area (Å²) in [5.74, 6) is 0.773. The zero-order chi connectivity index (χ0) is 17.4. The van der Waals surface area contributed by atoms with E-state index in [1.54, 1.807) is 25.1 Å². The number of ether oxygens (including phenoxy) is 1. The van der Waals surface area contributed by atoms with Gasteiger partial charge in [-0.1, -0.05) is 0 Å². The fourth-order valence-corrected chi connectivity index (χ4v) is 5.70. The molecule has 2 aliphatic rings. The van der Waals surface area contributed by atoms with Crippen LogP contribution in [0.15, 0.2) is 23.1 Å². The van der Waals surface area contributed by atoms with Crippen LogP contribution in [0.5, 0.6) is 5.75 Å². The van der Waals surface area contributed by atoms with E-state index in [1.165, 1.54) is 8.61 Å². The molecule has 0 radical (unpaired) electrons. The topological polar surface area (TPSA) is 84.0 Å². The highest BCUT2D eigenvalue weighted by atomic mass is 32.2. The molecule has 7 nitrogen and oxygen atoms in total. The predicted octanol–water partition coefficient (Wildman–Crippen LogP) is 0.668. The van der Waals surface area contributed by atoms with E-state index in [0.717, 1.165) is 11.3 Å². The number of hydrogen-bond donors (Lipinski definition) is 0. The Kier molecular flexibility index (Phi) is 4.87. The second-order valence-corrected chi connectivity index (χ2v) is 10.1. The van der Waals surface area contributed by atoms with Crippen LogP contribution in [-0.2, 0) is 26.5 Å². The third kappa shape index (κ3) is 3.30. The molecule has 2 heterocycles. The Hall–Kier alpha value is -1.16. The van der Waals surface area contributed by atoms with Crippen molar-refractivity contribution in [2.75, 3.05) is 38.5 Å². The summed E-state index contributed by atoms with van der Waals surface area (Å²) in [6.45, 7) is 3.23. The van der Waals surface area contributed by atoms with Gasteiger partial charge in [-0.05, 0) is 37.1 Å². The lowest BCUT2D eigenvalue weighted by atomic mass is 10.2. The Balaban J connectivity index is 1.80. The molecular formula is C15H22N2O5S2. The minimum atomic E-state index is -3.63. The van der Waals surface area contributed by atoms with Crippen LogP contribution < -0.4 is 4.74 Å². The molecule has 3 rings (SSSR count). The minimum Gasteiger partial charge on any atom is -0.493 e. The summed E-state index contributed by atoms with van der Waals surface area (Å²) in [6, 6.07) is 4.93. The number of sulfonamides is 2. The van der Waals surface area contributed by atoms with Crippen molar-refractivity contribution in [1.82, 2.24) is 8.61 Å². The molecule has 0 aliphatic carbocycles. The maximum atomic E-state index is 12.9. The van der Waals surface area contributed by atoms with Gasteiger partial charge in [-0.25, -0.2) is 21.1 Å². The van der Waals surface area contributed by atoms with Crippen LogP contribution in [0.2, 0.25) is 0 Å². The number of rotatable bonds is 4. The number of hydrogen-bond acceptors (Lipinski definition) is 5. The van der Waals surface area contributed by atoms with Crippen molar-refractivity contribution in [3.8, 4) is 5.75 Å². The molecule has 0 bridgehead atoms. The maximum Gasteiger partial charge on any atom is 0.243 e. The molecule has 0 N–H and O–H groups in total. The third-order valence-corrected chi connectivity index (χ3v) is 8.25. The number of benzene rings is 1. The van der Waals surface area contributed by atoms with Crippen molar-refractivity contribution in [2.45, 2.75) is 24.7 Å². The van der Waals surface area contributed by atoms with Gasteiger partial charge in [-0.15, -0.1) is 0 Å². The molecule has 1 saturated heterocycles. The van der Waals surface area contributed by atoms with Gasteiger partial charge < -0.3 is 4.74 Å². The van der Waals surface area contributed by atoms with Gasteiger partial charge in [-0.2, -0.15) is 4.31 Å². The molecule has 0 amide bonds. The Labute approximate surface area is 143 Å². The summed E-state index contributed by atoms with van der Waals surface area (Å²) >= 11 is 0. The molecule has 1 aromatic carbocycles. The molecular weight excluding hydrogens is 352 g/mol. The van der Waals surface area contributed by atoms with Gasteiger partial charge >= 0.3 is 0 Å². The molecule has 2 aliphatic heterocycles. The molecule has 1 aromatic rings. The van der Waals surface area contributed by atoms with Crippen molar-refractivity contribution in [1.29, 1.82) is 0 Å². The van der Waals surface area contributed by atoms with Gasteiger partial charge in [-0.3, -0.25) is 0 Å². The molecule has 9 heteroatoms. The van der Waals surface area contributed by atoms with E-state index >= 15 is 0 Å². The predicted molar refractivity (Wildman–Crippen MR) is 90.1 cm³/mol. The molecule has 24 heavy (non-hydrogen) atoms. The van der Waals surface area contributed by atoms with Crippen LogP contribution in [0.4, 0.5) is 0 Å². The molecule has 0 spiro atoms. The van der Waals surface area contributed by atoms with Crippen molar-refractivity contribution in [3.05, 3.63) is 23.8 Å². The largest absolute Gasteiger partial charge is 0.493 e. The van der Waals surface area contributed by atoms with Gasteiger partial charge in [0.2, 0.25) is 20.0 Å². The van der Waals surface area contributed by atoms with E-state index in [9.17, 15) is 16.8 Å². The lowest BCUT2D eigenvalue weighted by Crippen LogP contribution is -2.37. The van der Waals surface area contributed by atoms with Crippen LogP contribution in [0.25, 0.3) is 0 Å². The van der Waals surface area contributed by atoms with Crippen molar-refractivity contribution in [3.63, 3.8) is 0 Å². The highest BCUT2D eigenvalue weighted by molar-refractivity contribution is 7.89. The average molecular weight is 374 g/mol. The lowest BCUT2D eigenvalue weighted by molar-refractivity contribution is 0.356. The molecule has 0 atom stereocenters. The zero-order valence-corrected chi connectivity index (χ0v) is 15.3. The minimum absolute atomic E-state index is 0.0323. The van der Waals surface area contributed by atoms with Gasteiger partial charge in [0.15, 0.2) is 0 Å². The van der Waals surface area contributed by atoms with E-state index in [0.29, 0.717) is 32.5 Å². The van der Waals surface area contributed by atoms with E-state index < -0.39 is 20.0 Å². The monoisotopic (exact) mass is 374 g/mol. The van der Waals surface area contributed by atoms with Crippen LogP contribution in [-0.4, -0.2) is 64.0 Å². The Bertz CT molecular complexity index is 820. The smallest absolute Gasteiger partial charge is 0.243 e. The summed E-state index contributed by atoms with van der Waals surface area (Å²) in [6.07, 6.45) is 1.20. The molecule has 0 saturated carbocycles. The molecule has 0 unspecified atom stereocenters. The second-order valence-electron chi connectivity index (χ2n) is 5.93. The number of fused-ring (bicyclic) bond motifs is 1. The molecule has 134 valence electrons. The first kappa shape index (κ1) is 17.7. The van der Waals surface area contributed by atoms with Crippen LogP contribution in [0.3, 0.4) is 0 Å². The lowest BCUT2D eigenvalue weighted by Gasteiger charge is -2.21. The Morgan fingerprint density at radius 1 is 1.04 bits per heavy atom. The van der Waals surface area contributed by atoms with Gasteiger partial charge in [0, 0.05) is 32.6 Å². The third-order valence-electron chi connectivity index (χ3n) is 4.47. The summed E-state index contributed by atoms with van der Waals surface area (Å²) in [5.41, 5.74) is 0.904. The maximum absolute atomic E-state index is 12.9. The fraction of sp³-hybridized carbons (Fsp3) is 0.600. The van der Waals surface area contributed by atoms with Gasteiger partial charge in [0.05, 0.1) is 17.3 Å². The summed E-state index contributed by atoms with van der Waals surface area (Å²) < 4.78 is 58.0. The Morgan fingerprint density at radius 2 is 1.75 bits per heavy atom.